The summed E-state index contributed by atoms with van der Waals surface area (Å²) in [5.74, 6) is 0. The van der Waals surface area contributed by atoms with Crippen molar-refractivity contribution < 1.29 is 9.47 Å². The van der Waals surface area contributed by atoms with Crippen molar-refractivity contribution in [1.29, 1.82) is 0 Å². The summed E-state index contributed by atoms with van der Waals surface area (Å²) >= 11 is 5.31. The van der Waals surface area contributed by atoms with Crippen molar-refractivity contribution in [3.05, 3.63) is 39.4 Å². The molecular weight excluding hydrogens is 276 g/mol. The minimum atomic E-state index is -0.465. The van der Waals surface area contributed by atoms with Gasteiger partial charge in [0.25, 0.3) is 5.56 Å². The van der Waals surface area contributed by atoms with E-state index < -0.39 is 5.60 Å². The Balaban J connectivity index is 2.12. The van der Waals surface area contributed by atoms with Gasteiger partial charge in [-0.25, -0.2) is 0 Å². The Labute approximate surface area is 121 Å². The van der Waals surface area contributed by atoms with Crippen molar-refractivity contribution in [2.24, 2.45) is 0 Å². The summed E-state index contributed by atoms with van der Waals surface area (Å²) in [6.45, 7) is 1.53. The molecule has 1 fully saturated rings. The lowest BCUT2D eigenvalue weighted by Crippen LogP contribution is -2.41. The number of hydrogen-bond acceptors (Lipinski definition) is 4. The minimum absolute atomic E-state index is 0.0901. The first-order valence-corrected chi connectivity index (χ1v) is 6.91. The van der Waals surface area contributed by atoms with Gasteiger partial charge in [-0.3, -0.25) is 9.36 Å². The van der Waals surface area contributed by atoms with Crippen LogP contribution in [-0.2, 0) is 16.0 Å². The van der Waals surface area contributed by atoms with Crippen molar-refractivity contribution >= 4 is 23.1 Å². The van der Waals surface area contributed by atoms with Crippen molar-refractivity contribution in [2.75, 3.05) is 20.3 Å². The number of para-hydroxylation sites is 1. The van der Waals surface area contributed by atoms with E-state index in [9.17, 15) is 4.79 Å². The molecule has 106 valence electrons. The molecular formula is C14H16N2O3S. The number of H-pyrrole nitrogens is 1. The van der Waals surface area contributed by atoms with Gasteiger partial charge in [0, 0.05) is 20.1 Å². The van der Waals surface area contributed by atoms with E-state index in [-0.39, 0.29) is 5.56 Å². The van der Waals surface area contributed by atoms with Crippen molar-refractivity contribution in [1.82, 2.24) is 9.55 Å². The van der Waals surface area contributed by atoms with Crippen LogP contribution in [0.3, 0.4) is 0 Å². The molecule has 20 heavy (non-hydrogen) atoms. The summed E-state index contributed by atoms with van der Waals surface area (Å²) in [7, 11) is 1.65. The first-order chi connectivity index (χ1) is 9.65. The molecule has 6 heteroatoms. The Morgan fingerprint density at radius 1 is 1.50 bits per heavy atom. The quantitative estimate of drug-likeness (QED) is 0.877. The fraction of sp³-hybridized carbons (Fsp3) is 0.429. The molecule has 1 aromatic heterocycles. The van der Waals surface area contributed by atoms with Crippen LogP contribution in [0.1, 0.15) is 6.42 Å². The molecule has 0 saturated carbocycles. The molecule has 0 spiro atoms. The molecule has 1 N–H and O–H groups in total. The summed E-state index contributed by atoms with van der Waals surface area (Å²) < 4.78 is 13.0. The average Bonchev–Trinajstić information content (AvgIpc) is 2.93. The van der Waals surface area contributed by atoms with E-state index in [1.807, 2.05) is 18.2 Å². The van der Waals surface area contributed by atoms with E-state index in [0.717, 1.165) is 11.9 Å². The van der Waals surface area contributed by atoms with E-state index in [1.165, 1.54) is 0 Å². The van der Waals surface area contributed by atoms with Crippen LogP contribution in [0, 0.1) is 4.77 Å². The number of nitrogens with zero attached hydrogens (tertiary/aromatic N) is 1. The maximum Gasteiger partial charge on any atom is 0.262 e. The van der Waals surface area contributed by atoms with Gasteiger partial charge in [0.1, 0.15) is 5.60 Å². The predicted octanol–water partition coefficient (Wildman–Crippen LogP) is 1.86. The first kappa shape index (κ1) is 13.5. The summed E-state index contributed by atoms with van der Waals surface area (Å²) in [5.41, 5.74) is 0.203. The van der Waals surface area contributed by atoms with Gasteiger partial charge in [-0.15, -0.1) is 0 Å². The zero-order chi connectivity index (χ0) is 14.2. The first-order valence-electron chi connectivity index (χ1n) is 6.50. The number of ether oxygens (including phenoxy) is 2. The van der Waals surface area contributed by atoms with Crippen LogP contribution in [0.2, 0.25) is 0 Å². The zero-order valence-electron chi connectivity index (χ0n) is 11.2. The second-order valence-electron chi connectivity index (χ2n) is 5.06. The second kappa shape index (κ2) is 5.12. The number of aromatic amines is 1. The third kappa shape index (κ3) is 2.19. The number of benzene rings is 1. The van der Waals surface area contributed by atoms with Crippen LogP contribution in [0.4, 0.5) is 0 Å². The lowest BCUT2D eigenvalue weighted by Gasteiger charge is -2.26. The van der Waals surface area contributed by atoms with Gasteiger partial charge in [-0.05, 0) is 24.4 Å². The van der Waals surface area contributed by atoms with Crippen LogP contribution in [0.5, 0.6) is 0 Å². The topological polar surface area (TPSA) is 56.2 Å². The number of methoxy groups -OCH3 is 1. The Morgan fingerprint density at radius 3 is 3.00 bits per heavy atom. The number of aromatic nitrogens is 2. The molecule has 3 rings (SSSR count). The van der Waals surface area contributed by atoms with Crippen molar-refractivity contribution in [3.8, 4) is 0 Å². The number of fused-ring (bicyclic) bond motifs is 1. The van der Waals surface area contributed by atoms with Gasteiger partial charge < -0.3 is 14.5 Å². The van der Waals surface area contributed by atoms with Gasteiger partial charge >= 0.3 is 0 Å². The number of nitrogens with one attached hydrogen (secondary N) is 1. The maximum atomic E-state index is 12.6. The molecule has 0 amide bonds. The second-order valence-corrected chi connectivity index (χ2v) is 5.44. The Morgan fingerprint density at radius 2 is 2.30 bits per heavy atom. The molecule has 1 aliphatic heterocycles. The smallest absolute Gasteiger partial charge is 0.262 e. The zero-order valence-corrected chi connectivity index (χ0v) is 12.0. The van der Waals surface area contributed by atoms with E-state index >= 15 is 0 Å². The van der Waals surface area contributed by atoms with Crippen LogP contribution >= 0.6 is 12.2 Å². The maximum absolute atomic E-state index is 12.6. The lowest BCUT2D eigenvalue weighted by molar-refractivity contribution is -0.0304. The molecule has 1 saturated heterocycles. The fourth-order valence-electron chi connectivity index (χ4n) is 2.57. The van der Waals surface area contributed by atoms with E-state index in [0.29, 0.717) is 29.9 Å². The summed E-state index contributed by atoms with van der Waals surface area (Å²) in [5, 5.41) is 0.631. The Hall–Kier alpha value is -1.50. The highest BCUT2D eigenvalue weighted by atomic mass is 32.1. The number of rotatable bonds is 3. The predicted molar refractivity (Wildman–Crippen MR) is 78.6 cm³/mol. The minimum Gasteiger partial charge on any atom is -0.378 e. The molecule has 0 aliphatic carbocycles. The van der Waals surface area contributed by atoms with E-state index in [2.05, 4.69) is 4.98 Å². The molecule has 1 unspecified atom stereocenters. The lowest BCUT2D eigenvalue weighted by atomic mass is 10.0. The van der Waals surface area contributed by atoms with Gasteiger partial charge in [0.15, 0.2) is 4.77 Å². The van der Waals surface area contributed by atoms with Gasteiger partial charge in [0.05, 0.1) is 24.1 Å². The van der Waals surface area contributed by atoms with Crippen molar-refractivity contribution in [2.45, 2.75) is 18.6 Å². The van der Waals surface area contributed by atoms with E-state index in [1.54, 1.807) is 17.7 Å². The molecule has 0 bridgehead atoms. The van der Waals surface area contributed by atoms with Gasteiger partial charge in [-0.1, -0.05) is 12.1 Å². The normalized spacial score (nSPS) is 22.4. The van der Waals surface area contributed by atoms with E-state index in [4.69, 9.17) is 21.7 Å². The Kier molecular flexibility index (Phi) is 3.45. The monoisotopic (exact) mass is 292 g/mol. The summed E-state index contributed by atoms with van der Waals surface area (Å²) in [4.78, 5) is 15.7. The van der Waals surface area contributed by atoms with Crippen LogP contribution in [-0.4, -0.2) is 35.5 Å². The molecule has 1 aliphatic rings. The fourth-order valence-corrected chi connectivity index (χ4v) is 2.83. The molecule has 5 nitrogen and oxygen atoms in total. The standard InChI is InChI=1S/C14H16N2O3S/c1-18-14(6-7-19-9-14)8-16-12(17)10-4-2-3-5-11(10)15-13(16)20/h2-5H,6-9H2,1H3,(H,15,20). The highest BCUT2D eigenvalue weighted by Gasteiger charge is 2.36. The van der Waals surface area contributed by atoms with Gasteiger partial charge in [-0.2, -0.15) is 0 Å². The van der Waals surface area contributed by atoms with Crippen LogP contribution < -0.4 is 5.56 Å². The summed E-state index contributed by atoms with van der Waals surface area (Å²) in [6, 6.07) is 7.36. The highest BCUT2D eigenvalue weighted by molar-refractivity contribution is 7.71. The largest absolute Gasteiger partial charge is 0.378 e. The SMILES string of the molecule is COC1(Cn2c(=S)[nH]c3ccccc3c2=O)CCOC1. The Bertz CT molecular complexity index is 744. The molecule has 1 atom stereocenters. The van der Waals surface area contributed by atoms with Crippen LogP contribution in [0.25, 0.3) is 10.9 Å². The van der Waals surface area contributed by atoms with Gasteiger partial charge in [0.2, 0.25) is 0 Å². The highest BCUT2D eigenvalue weighted by Crippen LogP contribution is 2.24. The molecule has 2 aromatic rings. The molecule has 0 radical (unpaired) electrons. The third-order valence-electron chi connectivity index (χ3n) is 3.84. The third-order valence-corrected chi connectivity index (χ3v) is 4.16. The average molecular weight is 292 g/mol. The van der Waals surface area contributed by atoms with Crippen molar-refractivity contribution in [3.63, 3.8) is 0 Å². The summed E-state index contributed by atoms with van der Waals surface area (Å²) in [6.07, 6.45) is 0.761. The molecule has 1 aromatic carbocycles. The van der Waals surface area contributed by atoms with Crippen LogP contribution in [0.15, 0.2) is 29.1 Å². The number of hydrogen-bond donors (Lipinski definition) is 1. The molecule has 2 heterocycles.